The van der Waals surface area contributed by atoms with E-state index in [1.165, 1.54) is 0 Å². The second-order valence-electron chi connectivity index (χ2n) is 4.51. The molecule has 4 nitrogen and oxygen atoms in total. The summed E-state index contributed by atoms with van der Waals surface area (Å²) in [5, 5.41) is 0. The van der Waals surface area contributed by atoms with E-state index in [1.807, 2.05) is 31.2 Å². The number of rotatable bonds is 6. The van der Waals surface area contributed by atoms with Gasteiger partial charge < -0.3 is 4.74 Å². The van der Waals surface area contributed by atoms with Crippen molar-refractivity contribution in [2.24, 2.45) is 0 Å². The second kappa shape index (κ2) is 7.12. The molecule has 0 spiro atoms. The first-order valence-electron chi connectivity index (χ1n) is 6.83. The zero-order valence-corrected chi connectivity index (χ0v) is 13.1. The van der Waals surface area contributed by atoms with Crippen molar-refractivity contribution in [2.75, 3.05) is 13.2 Å². The summed E-state index contributed by atoms with van der Waals surface area (Å²) < 4.78 is 31.6. The Bertz CT molecular complexity index is 757. The van der Waals surface area contributed by atoms with Gasteiger partial charge >= 0.3 is 0 Å². The third kappa shape index (κ3) is 3.88. The van der Waals surface area contributed by atoms with Gasteiger partial charge in [-0.2, -0.15) is 4.72 Å². The van der Waals surface area contributed by atoms with E-state index in [1.54, 1.807) is 24.3 Å². The van der Waals surface area contributed by atoms with Crippen LogP contribution in [0.15, 0.2) is 53.4 Å². The lowest BCUT2D eigenvalue weighted by molar-refractivity contribution is 0.340. The van der Waals surface area contributed by atoms with E-state index in [2.05, 4.69) is 10.6 Å². The first-order chi connectivity index (χ1) is 10.6. The van der Waals surface area contributed by atoms with E-state index >= 15 is 0 Å². The molecule has 0 amide bonds. The van der Waals surface area contributed by atoms with Crippen molar-refractivity contribution in [2.45, 2.75) is 11.8 Å². The maximum absolute atomic E-state index is 11.9. The molecule has 0 heterocycles. The second-order valence-corrected chi connectivity index (χ2v) is 6.28. The molecule has 0 fully saturated rings. The molecule has 0 aromatic heterocycles. The lowest BCUT2D eigenvalue weighted by Gasteiger charge is -2.07. The molecule has 5 heteroatoms. The fourth-order valence-corrected chi connectivity index (χ4v) is 2.89. The van der Waals surface area contributed by atoms with Crippen LogP contribution >= 0.6 is 0 Å². The molecule has 0 unspecified atom stereocenters. The SMILES string of the molecule is C#CCNS(=O)(=O)c1ccc(-c2ccc(OCC)cc2)cc1. The summed E-state index contributed by atoms with van der Waals surface area (Å²) in [6, 6.07) is 14.3. The number of terminal acetylenes is 1. The van der Waals surface area contributed by atoms with Gasteiger partial charge in [0.2, 0.25) is 10.0 Å². The fourth-order valence-electron chi connectivity index (χ4n) is 1.96. The van der Waals surface area contributed by atoms with Crippen molar-refractivity contribution in [1.82, 2.24) is 4.72 Å². The zero-order chi connectivity index (χ0) is 16.0. The molecule has 114 valence electrons. The molecular formula is C17H17NO3S. The first kappa shape index (κ1) is 16.1. The van der Waals surface area contributed by atoms with Crippen LogP contribution in [0.5, 0.6) is 5.75 Å². The van der Waals surface area contributed by atoms with Gasteiger partial charge in [0.15, 0.2) is 0 Å². The summed E-state index contributed by atoms with van der Waals surface area (Å²) in [5.74, 6) is 3.05. The average molecular weight is 315 g/mol. The number of sulfonamides is 1. The summed E-state index contributed by atoms with van der Waals surface area (Å²) in [6.07, 6.45) is 5.06. The van der Waals surface area contributed by atoms with Crippen LogP contribution in [-0.4, -0.2) is 21.6 Å². The Labute approximate surface area is 131 Å². The van der Waals surface area contributed by atoms with Gasteiger partial charge in [0, 0.05) is 0 Å². The molecule has 1 N–H and O–H groups in total. The maximum atomic E-state index is 11.9. The quantitative estimate of drug-likeness (QED) is 0.834. The Hall–Kier alpha value is -2.29. The Morgan fingerprint density at radius 1 is 1.05 bits per heavy atom. The standard InChI is InChI=1S/C17H17NO3S/c1-3-13-18-22(19,20)17-11-7-15(8-12-17)14-5-9-16(10-6-14)21-4-2/h1,5-12,18H,4,13H2,2H3. The lowest BCUT2D eigenvalue weighted by Crippen LogP contribution is -2.23. The van der Waals surface area contributed by atoms with Crippen molar-refractivity contribution in [3.05, 3.63) is 48.5 Å². The minimum Gasteiger partial charge on any atom is -0.494 e. The summed E-state index contributed by atoms with van der Waals surface area (Å²) in [6.45, 7) is 2.53. The Kier molecular flexibility index (Phi) is 5.21. The molecule has 0 bridgehead atoms. The van der Waals surface area contributed by atoms with E-state index in [4.69, 9.17) is 11.2 Å². The number of ether oxygens (including phenoxy) is 1. The predicted octanol–water partition coefficient (Wildman–Crippen LogP) is 2.66. The van der Waals surface area contributed by atoms with Gasteiger partial charge in [0.1, 0.15) is 5.75 Å². The van der Waals surface area contributed by atoms with Crippen molar-refractivity contribution in [3.63, 3.8) is 0 Å². The summed E-state index contributed by atoms with van der Waals surface area (Å²) in [4.78, 5) is 0.192. The van der Waals surface area contributed by atoms with Crippen LogP contribution in [0.3, 0.4) is 0 Å². The molecule has 0 saturated carbocycles. The van der Waals surface area contributed by atoms with E-state index in [-0.39, 0.29) is 11.4 Å². The normalized spacial score (nSPS) is 10.9. The highest BCUT2D eigenvalue weighted by Gasteiger charge is 2.12. The van der Waals surface area contributed by atoms with Gasteiger partial charge in [-0.05, 0) is 42.3 Å². The van der Waals surface area contributed by atoms with Gasteiger partial charge in [0.25, 0.3) is 0 Å². The number of nitrogens with one attached hydrogen (secondary N) is 1. The van der Waals surface area contributed by atoms with Gasteiger partial charge in [-0.3, -0.25) is 0 Å². The maximum Gasteiger partial charge on any atom is 0.241 e. The van der Waals surface area contributed by atoms with Crippen LogP contribution in [0, 0.1) is 12.3 Å². The summed E-state index contributed by atoms with van der Waals surface area (Å²) in [7, 11) is -3.55. The minimum atomic E-state index is -3.55. The number of hydrogen-bond donors (Lipinski definition) is 1. The van der Waals surface area contributed by atoms with E-state index in [9.17, 15) is 8.42 Å². The third-order valence-corrected chi connectivity index (χ3v) is 4.44. The van der Waals surface area contributed by atoms with Crippen LogP contribution in [0.2, 0.25) is 0 Å². The van der Waals surface area contributed by atoms with Crippen LogP contribution in [-0.2, 0) is 10.0 Å². The summed E-state index contributed by atoms with van der Waals surface area (Å²) >= 11 is 0. The Morgan fingerprint density at radius 2 is 1.59 bits per heavy atom. The van der Waals surface area contributed by atoms with Gasteiger partial charge in [0.05, 0.1) is 18.0 Å². The molecule has 0 aliphatic heterocycles. The molecule has 22 heavy (non-hydrogen) atoms. The van der Waals surface area contributed by atoms with Crippen LogP contribution in [0.1, 0.15) is 6.92 Å². The molecule has 2 rings (SSSR count). The first-order valence-corrected chi connectivity index (χ1v) is 8.31. The van der Waals surface area contributed by atoms with Crippen molar-refractivity contribution >= 4 is 10.0 Å². The van der Waals surface area contributed by atoms with E-state index in [0.29, 0.717) is 6.61 Å². The van der Waals surface area contributed by atoms with Gasteiger partial charge in [-0.1, -0.05) is 30.2 Å². The van der Waals surface area contributed by atoms with E-state index in [0.717, 1.165) is 16.9 Å². The van der Waals surface area contributed by atoms with Crippen LogP contribution < -0.4 is 9.46 Å². The number of benzene rings is 2. The predicted molar refractivity (Wildman–Crippen MR) is 87.1 cm³/mol. The Balaban J connectivity index is 2.20. The Morgan fingerprint density at radius 3 is 2.09 bits per heavy atom. The average Bonchev–Trinajstić information content (AvgIpc) is 2.54. The topological polar surface area (TPSA) is 55.4 Å². The minimum absolute atomic E-state index is 0.0248. The molecule has 0 aliphatic rings. The van der Waals surface area contributed by atoms with Crippen LogP contribution in [0.25, 0.3) is 11.1 Å². The lowest BCUT2D eigenvalue weighted by atomic mass is 10.1. The van der Waals surface area contributed by atoms with Gasteiger partial charge in [-0.15, -0.1) is 6.42 Å². The molecule has 2 aromatic rings. The highest BCUT2D eigenvalue weighted by Crippen LogP contribution is 2.23. The van der Waals surface area contributed by atoms with Gasteiger partial charge in [-0.25, -0.2) is 8.42 Å². The zero-order valence-electron chi connectivity index (χ0n) is 12.2. The molecular weight excluding hydrogens is 298 g/mol. The molecule has 0 aliphatic carbocycles. The third-order valence-electron chi connectivity index (χ3n) is 3.03. The van der Waals surface area contributed by atoms with Crippen molar-refractivity contribution < 1.29 is 13.2 Å². The largest absolute Gasteiger partial charge is 0.494 e. The van der Waals surface area contributed by atoms with Crippen molar-refractivity contribution in [3.8, 4) is 29.2 Å². The highest BCUT2D eigenvalue weighted by atomic mass is 32.2. The molecule has 2 aromatic carbocycles. The van der Waals surface area contributed by atoms with Crippen molar-refractivity contribution in [1.29, 1.82) is 0 Å². The fraction of sp³-hybridized carbons (Fsp3) is 0.176. The monoisotopic (exact) mass is 315 g/mol. The molecule has 0 radical (unpaired) electrons. The van der Waals surface area contributed by atoms with Crippen LogP contribution in [0.4, 0.5) is 0 Å². The number of hydrogen-bond acceptors (Lipinski definition) is 3. The smallest absolute Gasteiger partial charge is 0.241 e. The van der Waals surface area contributed by atoms with E-state index < -0.39 is 10.0 Å². The highest BCUT2D eigenvalue weighted by molar-refractivity contribution is 7.89. The molecule has 0 atom stereocenters. The molecule has 0 saturated heterocycles. The summed E-state index contributed by atoms with van der Waals surface area (Å²) in [5.41, 5.74) is 1.92.